The number of piperazine rings is 1. The molecule has 0 bridgehead atoms. The molecule has 0 radical (unpaired) electrons. The average Bonchev–Trinajstić information content (AvgIpc) is 3.76. The third kappa shape index (κ3) is 7.13. The summed E-state index contributed by atoms with van der Waals surface area (Å²) in [6, 6.07) is 24.2. The highest BCUT2D eigenvalue weighted by Crippen LogP contribution is 2.30. The smallest absolute Gasteiger partial charge is 0.320 e. The van der Waals surface area contributed by atoms with Crippen molar-refractivity contribution in [3.63, 3.8) is 0 Å². The van der Waals surface area contributed by atoms with Crippen LogP contribution < -0.4 is 16.0 Å². The van der Waals surface area contributed by atoms with Crippen molar-refractivity contribution >= 4 is 56.0 Å². The first-order valence-corrected chi connectivity index (χ1v) is 16.6. The number of aryl methyl sites for hydroxylation is 1. The molecule has 12 heteroatoms. The third-order valence-electron chi connectivity index (χ3n) is 8.65. The number of benzene rings is 4. The van der Waals surface area contributed by atoms with E-state index in [1.54, 1.807) is 24.3 Å². The molecule has 2 saturated heterocycles. The van der Waals surface area contributed by atoms with Crippen molar-refractivity contribution in [1.29, 1.82) is 0 Å². The SMILES string of the molecule is Cn1c(-c2cc(N3CCN(C(=O)N4CCCC4)CC3)ccc2F)nc2ccccc21.Nc1ccccc1NC(=O)c1cc(Br)ccc1F. The molecule has 0 saturated carbocycles. The van der Waals surface area contributed by atoms with E-state index in [-0.39, 0.29) is 17.4 Å². The van der Waals surface area contributed by atoms with Crippen molar-refractivity contribution in [1.82, 2.24) is 19.4 Å². The van der Waals surface area contributed by atoms with E-state index in [0.29, 0.717) is 40.3 Å². The lowest BCUT2D eigenvalue weighted by atomic mass is 10.1. The molecule has 0 unspecified atom stereocenters. The van der Waals surface area contributed by atoms with Gasteiger partial charge in [0, 0.05) is 56.5 Å². The highest BCUT2D eigenvalue weighted by Gasteiger charge is 2.27. The van der Waals surface area contributed by atoms with Gasteiger partial charge in [-0.3, -0.25) is 4.79 Å². The number of para-hydroxylation sites is 4. The minimum absolute atomic E-state index is 0.0346. The zero-order valence-corrected chi connectivity index (χ0v) is 28.1. The Morgan fingerprint density at radius 1 is 0.812 bits per heavy atom. The van der Waals surface area contributed by atoms with Crippen LogP contribution in [-0.2, 0) is 7.05 Å². The maximum atomic E-state index is 14.7. The van der Waals surface area contributed by atoms with Gasteiger partial charge in [-0.15, -0.1) is 0 Å². The highest BCUT2D eigenvalue weighted by atomic mass is 79.9. The summed E-state index contributed by atoms with van der Waals surface area (Å²) >= 11 is 3.19. The number of hydrogen-bond donors (Lipinski definition) is 2. The van der Waals surface area contributed by atoms with Gasteiger partial charge in [0.15, 0.2) is 0 Å². The maximum absolute atomic E-state index is 14.7. The van der Waals surface area contributed by atoms with E-state index in [9.17, 15) is 18.4 Å². The molecule has 2 aliphatic heterocycles. The molecule has 2 fully saturated rings. The number of urea groups is 1. The van der Waals surface area contributed by atoms with Gasteiger partial charge < -0.3 is 30.3 Å². The lowest BCUT2D eigenvalue weighted by Crippen LogP contribution is -2.52. The van der Waals surface area contributed by atoms with Gasteiger partial charge in [0.05, 0.1) is 33.5 Å². The van der Waals surface area contributed by atoms with Gasteiger partial charge in [-0.25, -0.2) is 18.6 Å². The predicted molar refractivity (Wildman–Crippen MR) is 189 cm³/mol. The van der Waals surface area contributed by atoms with Crippen LogP contribution in [0.1, 0.15) is 23.2 Å². The molecule has 248 valence electrons. The number of nitrogens with one attached hydrogen (secondary N) is 1. The minimum atomic E-state index is -0.579. The number of hydrogen-bond acceptors (Lipinski definition) is 5. The second-order valence-electron chi connectivity index (χ2n) is 11.8. The molecule has 4 aromatic carbocycles. The van der Waals surface area contributed by atoms with E-state index in [4.69, 9.17) is 5.73 Å². The van der Waals surface area contributed by atoms with Crippen LogP contribution in [0.15, 0.2) is 89.4 Å². The zero-order chi connectivity index (χ0) is 33.8. The maximum Gasteiger partial charge on any atom is 0.320 e. The summed E-state index contributed by atoms with van der Waals surface area (Å²) in [5.41, 5.74) is 9.85. The number of nitrogens with two attached hydrogens (primary N) is 1. The van der Waals surface area contributed by atoms with Crippen LogP contribution in [0.2, 0.25) is 0 Å². The second-order valence-corrected chi connectivity index (χ2v) is 12.7. The molecule has 0 atom stereocenters. The molecular weight excluding hydrogens is 680 g/mol. The molecule has 0 spiro atoms. The fraction of sp³-hybridized carbons (Fsp3) is 0.250. The summed E-state index contributed by atoms with van der Waals surface area (Å²) in [5, 5.41) is 2.57. The van der Waals surface area contributed by atoms with E-state index in [1.807, 2.05) is 57.8 Å². The first kappa shape index (κ1) is 33.0. The van der Waals surface area contributed by atoms with Crippen LogP contribution in [0.5, 0.6) is 0 Å². The quantitative estimate of drug-likeness (QED) is 0.193. The van der Waals surface area contributed by atoms with E-state index >= 15 is 0 Å². The molecule has 9 nitrogen and oxygen atoms in total. The number of carbonyl (C=O) groups excluding carboxylic acids is 2. The average molecular weight is 717 g/mol. The molecule has 1 aromatic heterocycles. The number of nitrogen functional groups attached to an aromatic ring is 1. The van der Waals surface area contributed by atoms with E-state index in [0.717, 1.165) is 55.7 Å². The lowest BCUT2D eigenvalue weighted by Gasteiger charge is -2.37. The topological polar surface area (TPSA) is 99.7 Å². The van der Waals surface area contributed by atoms with Gasteiger partial charge in [0.25, 0.3) is 5.91 Å². The van der Waals surface area contributed by atoms with Crippen molar-refractivity contribution in [2.24, 2.45) is 7.05 Å². The molecule has 7 rings (SSSR count). The number of imidazole rings is 1. The largest absolute Gasteiger partial charge is 0.397 e. The molecule has 5 aromatic rings. The number of anilines is 3. The zero-order valence-electron chi connectivity index (χ0n) is 26.5. The van der Waals surface area contributed by atoms with Gasteiger partial charge in [-0.05, 0) is 73.5 Å². The Kier molecular flexibility index (Phi) is 9.90. The number of likely N-dealkylation sites (tertiary alicyclic amines) is 1. The van der Waals surface area contributed by atoms with E-state index in [1.165, 1.54) is 24.3 Å². The number of aromatic nitrogens is 2. The molecule has 3 N–H and O–H groups in total. The number of nitrogens with zero attached hydrogens (tertiary/aromatic N) is 5. The number of halogens is 3. The van der Waals surface area contributed by atoms with Gasteiger partial charge in [-0.1, -0.05) is 40.2 Å². The summed E-state index contributed by atoms with van der Waals surface area (Å²) in [7, 11) is 1.92. The molecule has 3 amide bonds. The van der Waals surface area contributed by atoms with Crippen molar-refractivity contribution < 1.29 is 18.4 Å². The standard InChI is InChI=1S/C23H26FN5O.C13H10BrFN2O/c1-26-21-7-3-2-6-20(21)25-22(26)18-16-17(8-9-19(18)24)27-12-14-29(15-13-27)23(30)28-10-4-5-11-28;14-8-5-6-10(15)9(7-8)13(18)17-12-4-2-1-3-11(12)16/h2-3,6-9,16H,4-5,10-15H2,1H3;1-7H,16H2,(H,17,18). The first-order valence-electron chi connectivity index (χ1n) is 15.8. The Labute approximate surface area is 286 Å². The summed E-state index contributed by atoms with van der Waals surface area (Å²) in [5.74, 6) is -0.768. The third-order valence-corrected chi connectivity index (χ3v) is 9.15. The molecule has 48 heavy (non-hydrogen) atoms. The number of rotatable bonds is 4. The van der Waals surface area contributed by atoms with Gasteiger partial charge in [0.1, 0.15) is 17.5 Å². The Bertz CT molecular complexity index is 1950. The van der Waals surface area contributed by atoms with Crippen molar-refractivity contribution in [3.05, 3.63) is 107 Å². The summed E-state index contributed by atoms with van der Waals surface area (Å²) < 4.78 is 30.8. The van der Waals surface area contributed by atoms with Crippen molar-refractivity contribution in [2.45, 2.75) is 12.8 Å². The normalized spacial score (nSPS) is 14.5. The van der Waals surface area contributed by atoms with Crippen LogP contribution in [0.3, 0.4) is 0 Å². The molecule has 2 aliphatic rings. The number of amides is 3. The van der Waals surface area contributed by atoms with Crippen molar-refractivity contribution in [2.75, 3.05) is 55.2 Å². The summed E-state index contributed by atoms with van der Waals surface area (Å²) in [6.45, 7) is 4.61. The van der Waals surface area contributed by atoms with E-state index < -0.39 is 11.7 Å². The Hall–Kier alpha value is -4.97. The summed E-state index contributed by atoms with van der Waals surface area (Å²) in [4.78, 5) is 35.3. The second kappa shape index (κ2) is 14.4. The van der Waals surface area contributed by atoms with Crippen LogP contribution >= 0.6 is 15.9 Å². The molecule has 0 aliphatic carbocycles. The number of fused-ring (bicyclic) bond motifs is 1. The fourth-order valence-electron chi connectivity index (χ4n) is 6.00. The molecular formula is C36H36BrF2N7O2. The van der Waals surface area contributed by atoms with Crippen LogP contribution in [0, 0.1) is 11.6 Å². The van der Waals surface area contributed by atoms with Gasteiger partial charge >= 0.3 is 6.03 Å². The first-order chi connectivity index (χ1) is 23.2. The van der Waals surface area contributed by atoms with Crippen LogP contribution in [0.25, 0.3) is 22.4 Å². The lowest BCUT2D eigenvalue weighted by molar-refractivity contribution is 0.102. The Morgan fingerprint density at radius 2 is 1.48 bits per heavy atom. The fourth-order valence-corrected chi connectivity index (χ4v) is 6.37. The Morgan fingerprint density at radius 3 is 2.21 bits per heavy atom. The van der Waals surface area contributed by atoms with Crippen LogP contribution in [-0.4, -0.2) is 70.6 Å². The van der Waals surface area contributed by atoms with E-state index in [2.05, 4.69) is 31.1 Å². The minimum Gasteiger partial charge on any atom is -0.397 e. The predicted octanol–water partition coefficient (Wildman–Crippen LogP) is 7.14. The van der Waals surface area contributed by atoms with Crippen LogP contribution in [0.4, 0.5) is 30.6 Å². The highest BCUT2D eigenvalue weighted by molar-refractivity contribution is 9.10. The summed E-state index contributed by atoms with van der Waals surface area (Å²) in [6.07, 6.45) is 2.21. The Balaban J connectivity index is 0.000000191. The van der Waals surface area contributed by atoms with Gasteiger partial charge in [0.2, 0.25) is 0 Å². The molecule has 3 heterocycles. The van der Waals surface area contributed by atoms with Crippen molar-refractivity contribution in [3.8, 4) is 11.4 Å². The van der Waals surface area contributed by atoms with Gasteiger partial charge in [-0.2, -0.15) is 0 Å². The number of carbonyl (C=O) groups is 2. The monoisotopic (exact) mass is 715 g/mol.